The summed E-state index contributed by atoms with van der Waals surface area (Å²) in [4.78, 5) is 10.1. The summed E-state index contributed by atoms with van der Waals surface area (Å²) in [6.45, 7) is 1.96. The van der Waals surface area contributed by atoms with Crippen LogP contribution in [0.3, 0.4) is 0 Å². The van der Waals surface area contributed by atoms with Gasteiger partial charge < -0.3 is 5.32 Å². The van der Waals surface area contributed by atoms with Crippen LogP contribution < -0.4 is 5.32 Å². The summed E-state index contributed by atoms with van der Waals surface area (Å²) in [5.74, 6) is 0. The van der Waals surface area contributed by atoms with E-state index in [1.165, 1.54) is 12.1 Å². The van der Waals surface area contributed by atoms with Gasteiger partial charge in [0, 0.05) is 28.5 Å². The zero-order valence-corrected chi connectivity index (χ0v) is 10.4. The lowest BCUT2D eigenvalue weighted by Gasteiger charge is -2.09. The van der Waals surface area contributed by atoms with Crippen LogP contribution in [0.15, 0.2) is 42.5 Å². The number of benzene rings is 2. The van der Waals surface area contributed by atoms with Crippen molar-refractivity contribution in [3.8, 4) is 0 Å². The van der Waals surface area contributed by atoms with Gasteiger partial charge in [-0.15, -0.1) is 0 Å². The lowest BCUT2D eigenvalue weighted by molar-refractivity contribution is -0.384. The van der Waals surface area contributed by atoms with Gasteiger partial charge in [0.1, 0.15) is 0 Å². The fourth-order valence-electron chi connectivity index (χ4n) is 1.55. The van der Waals surface area contributed by atoms with Gasteiger partial charge in [-0.1, -0.05) is 17.7 Å². The van der Waals surface area contributed by atoms with Crippen molar-refractivity contribution in [3.05, 3.63) is 63.2 Å². The van der Waals surface area contributed by atoms with Gasteiger partial charge in [0.2, 0.25) is 0 Å². The average molecular weight is 263 g/mol. The molecule has 0 atom stereocenters. The molecule has 0 spiro atoms. The maximum Gasteiger partial charge on any atom is 0.269 e. The Morgan fingerprint density at radius 2 is 1.83 bits per heavy atom. The molecule has 0 heterocycles. The van der Waals surface area contributed by atoms with Crippen molar-refractivity contribution in [3.63, 3.8) is 0 Å². The maximum absolute atomic E-state index is 10.5. The van der Waals surface area contributed by atoms with E-state index in [1.807, 2.05) is 25.1 Å². The molecule has 0 fully saturated rings. The number of anilines is 2. The van der Waals surface area contributed by atoms with Crippen molar-refractivity contribution in [1.29, 1.82) is 0 Å². The Balaban J connectivity index is 2.23. The zero-order valence-electron chi connectivity index (χ0n) is 9.68. The number of nitro benzene ring substituents is 1. The molecular formula is C13H11ClN2O2. The van der Waals surface area contributed by atoms with Gasteiger partial charge >= 0.3 is 0 Å². The molecule has 0 amide bonds. The van der Waals surface area contributed by atoms with Crippen LogP contribution in [0.5, 0.6) is 0 Å². The molecule has 4 nitrogen and oxygen atoms in total. The van der Waals surface area contributed by atoms with Gasteiger partial charge in [0.25, 0.3) is 5.69 Å². The number of hydrogen-bond donors (Lipinski definition) is 1. The number of non-ortho nitro benzene ring substituents is 1. The third kappa shape index (κ3) is 2.78. The summed E-state index contributed by atoms with van der Waals surface area (Å²) in [6.07, 6.45) is 0. The van der Waals surface area contributed by atoms with E-state index in [9.17, 15) is 10.1 Å². The Kier molecular flexibility index (Phi) is 3.48. The van der Waals surface area contributed by atoms with Crippen molar-refractivity contribution in [2.45, 2.75) is 6.92 Å². The van der Waals surface area contributed by atoms with Gasteiger partial charge in [-0.3, -0.25) is 10.1 Å². The smallest absolute Gasteiger partial charge is 0.269 e. The van der Waals surface area contributed by atoms with Crippen molar-refractivity contribution in [1.82, 2.24) is 0 Å². The molecule has 92 valence electrons. The van der Waals surface area contributed by atoms with Crippen LogP contribution >= 0.6 is 11.6 Å². The first-order valence-corrected chi connectivity index (χ1v) is 5.72. The molecule has 0 radical (unpaired) electrons. The largest absolute Gasteiger partial charge is 0.355 e. The molecule has 2 rings (SSSR count). The second-order valence-corrected chi connectivity index (χ2v) is 4.32. The minimum Gasteiger partial charge on any atom is -0.355 e. The number of hydrogen-bond acceptors (Lipinski definition) is 3. The summed E-state index contributed by atoms with van der Waals surface area (Å²) >= 11 is 5.92. The first kappa shape index (κ1) is 12.4. The van der Waals surface area contributed by atoms with Crippen molar-refractivity contribution >= 4 is 28.7 Å². The van der Waals surface area contributed by atoms with Gasteiger partial charge in [-0.05, 0) is 36.8 Å². The molecule has 2 aromatic rings. The Bertz CT molecular complexity index is 582. The average Bonchev–Trinajstić information content (AvgIpc) is 2.34. The van der Waals surface area contributed by atoms with E-state index in [4.69, 9.17) is 11.6 Å². The monoisotopic (exact) mass is 262 g/mol. The highest BCUT2D eigenvalue weighted by Gasteiger charge is 2.05. The minimum atomic E-state index is -0.422. The molecule has 1 N–H and O–H groups in total. The molecule has 0 aliphatic carbocycles. The third-order valence-electron chi connectivity index (χ3n) is 2.56. The molecule has 0 unspecified atom stereocenters. The summed E-state index contributed by atoms with van der Waals surface area (Å²) in [6, 6.07) is 11.8. The maximum atomic E-state index is 10.5. The summed E-state index contributed by atoms with van der Waals surface area (Å²) in [5, 5.41) is 14.4. The Morgan fingerprint density at radius 3 is 2.44 bits per heavy atom. The highest BCUT2D eigenvalue weighted by atomic mass is 35.5. The predicted molar refractivity (Wildman–Crippen MR) is 72.6 cm³/mol. The van der Waals surface area contributed by atoms with Gasteiger partial charge in [0.15, 0.2) is 0 Å². The number of nitro groups is 1. The highest BCUT2D eigenvalue weighted by molar-refractivity contribution is 6.30. The number of rotatable bonds is 3. The van der Waals surface area contributed by atoms with E-state index in [1.54, 1.807) is 12.1 Å². The second-order valence-electron chi connectivity index (χ2n) is 3.89. The van der Waals surface area contributed by atoms with Gasteiger partial charge in [0.05, 0.1) is 4.92 Å². The molecule has 0 aromatic heterocycles. The molecule has 0 bridgehead atoms. The van der Waals surface area contributed by atoms with Gasteiger partial charge in [-0.2, -0.15) is 0 Å². The van der Waals surface area contributed by atoms with Crippen LogP contribution in [0, 0.1) is 17.0 Å². The molecule has 2 aromatic carbocycles. The summed E-state index contributed by atoms with van der Waals surface area (Å²) < 4.78 is 0. The van der Waals surface area contributed by atoms with Crippen molar-refractivity contribution < 1.29 is 4.92 Å². The molecule has 0 saturated carbocycles. The molecule has 0 saturated heterocycles. The first-order chi connectivity index (χ1) is 8.56. The number of aryl methyl sites for hydroxylation is 1. The van der Waals surface area contributed by atoms with E-state index in [0.717, 1.165) is 16.9 Å². The zero-order chi connectivity index (χ0) is 13.1. The summed E-state index contributed by atoms with van der Waals surface area (Å²) in [7, 11) is 0. The Morgan fingerprint density at radius 1 is 1.17 bits per heavy atom. The van der Waals surface area contributed by atoms with Crippen LogP contribution in [0.25, 0.3) is 0 Å². The van der Waals surface area contributed by atoms with E-state index in [-0.39, 0.29) is 5.69 Å². The lowest BCUT2D eigenvalue weighted by atomic mass is 10.2. The minimum absolute atomic E-state index is 0.0726. The van der Waals surface area contributed by atoms with E-state index in [2.05, 4.69) is 5.32 Å². The fourth-order valence-corrected chi connectivity index (χ4v) is 1.72. The SMILES string of the molecule is Cc1ccc(Cl)cc1Nc1ccc([N+](=O)[O-])cc1. The third-order valence-corrected chi connectivity index (χ3v) is 2.79. The fraction of sp³-hybridized carbons (Fsp3) is 0.0769. The standard InChI is InChI=1S/C13H11ClN2O2/c1-9-2-3-10(14)8-13(9)15-11-4-6-12(7-5-11)16(17)18/h2-8,15H,1H3. The number of nitrogens with zero attached hydrogens (tertiary/aromatic N) is 1. The van der Waals surface area contributed by atoms with E-state index in [0.29, 0.717) is 5.02 Å². The Labute approximate surface area is 109 Å². The second kappa shape index (κ2) is 5.06. The van der Waals surface area contributed by atoms with Crippen LogP contribution in [-0.2, 0) is 0 Å². The molecule has 5 heteroatoms. The normalized spacial score (nSPS) is 10.1. The summed E-state index contributed by atoms with van der Waals surface area (Å²) in [5.41, 5.74) is 2.79. The first-order valence-electron chi connectivity index (χ1n) is 5.34. The lowest BCUT2D eigenvalue weighted by Crippen LogP contribution is -1.94. The topological polar surface area (TPSA) is 55.2 Å². The van der Waals surface area contributed by atoms with E-state index < -0.39 is 4.92 Å². The molecule has 18 heavy (non-hydrogen) atoms. The highest BCUT2D eigenvalue weighted by Crippen LogP contribution is 2.25. The number of halogens is 1. The van der Waals surface area contributed by atoms with Crippen LogP contribution in [0.1, 0.15) is 5.56 Å². The predicted octanol–water partition coefficient (Wildman–Crippen LogP) is 4.30. The molecular weight excluding hydrogens is 252 g/mol. The van der Waals surface area contributed by atoms with Gasteiger partial charge in [-0.25, -0.2) is 0 Å². The van der Waals surface area contributed by atoms with Crippen molar-refractivity contribution in [2.75, 3.05) is 5.32 Å². The quantitative estimate of drug-likeness (QED) is 0.663. The van der Waals surface area contributed by atoms with Crippen LogP contribution in [0.2, 0.25) is 5.02 Å². The van der Waals surface area contributed by atoms with Crippen molar-refractivity contribution in [2.24, 2.45) is 0 Å². The molecule has 0 aliphatic rings. The Hall–Kier alpha value is -2.07. The van der Waals surface area contributed by atoms with Crippen LogP contribution in [-0.4, -0.2) is 4.92 Å². The molecule has 0 aliphatic heterocycles. The van der Waals surface area contributed by atoms with Crippen LogP contribution in [0.4, 0.5) is 17.1 Å². The number of nitrogens with one attached hydrogen (secondary N) is 1. The van der Waals surface area contributed by atoms with E-state index >= 15 is 0 Å².